The minimum absolute atomic E-state index is 0.288. The molecule has 0 saturated carbocycles. The fourth-order valence-electron chi connectivity index (χ4n) is 2.10. The average molecular weight is 330 g/mol. The van der Waals surface area contributed by atoms with E-state index in [9.17, 15) is 9.18 Å². The Hall–Kier alpha value is -2.66. The van der Waals surface area contributed by atoms with Gasteiger partial charge in [0.25, 0.3) is 5.91 Å². The monoisotopic (exact) mass is 329 g/mol. The van der Waals surface area contributed by atoms with Crippen molar-refractivity contribution in [2.75, 3.05) is 5.32 Å². The van der Waals surface area contributed by atoms with E-state index in [0.717, 1.165) is 5.56 Å². The smallest absolute Gasteiger partial charge is 0.258 e. The van der Waals surface area contributed by atoms with Crippen molar-refractivity contribution in [2.24, 2.45) is 0 Å². The van der Waals surface area contributed by atoms with Crippen molar-refractivity contribution in [1.29, 1.82) is 0 Å². The molecule has 0 fully saturated rings. The molecular weight excluding hydrogens is 317 g/mol. The number of hydrogen-bond acceptors (Lipinski definition) is 2. The molecule has 6 heteroatoms. The Kier molecular flexibility index (Phi) is 4.12. The van der Waals surface area contributed by atoms with E-state index in [1.165, 1.54) is 23.0 Å². The molecule has 0 spiro atoms. The first kappa shape index (κ1) is 15.2. The lowest BCUT2D eigenvalue weighted by atomic mass is 10.2. The second-order valence-electron chi connectivity index (χ2n) is 5.06. The number of aryl methyl sites for hydroxylation is 1. The number of hydrogen-bond donors (Lipinski definition) is 1. The molecule has 0 radical (unpaired) electrons. The zero-order valence-electron chi connectivity index (χ0n) is 12.3. The van der Waals surface area contributed by atoms with Gasteiger partial charge >= 0.3 is 0 Å². The van der Waals surface area contributed by atoms with Gasteiger partial charge in [-0.15, -0.1) is 0 Å². The summed E-state index contributed by atoms with van der Waals surface area (Å²) in [6, 6.07) is 11.1. The molecule has 4 nitrogen and oxygen atoms in total. The summed E-state index contributed by atoms with van der Waals surface area (Å²) < 4.78 is 14.5. The Morgan fingerprint density at radius 1 is 1.22 bits per heavy atom. The average Bonchev–Trinajstić information content (AvgIpc) is 3.02. The van der Waals surface area contributed by atoms with E-state index in [1.54, 1.807) is 30.5 Å². The van der Waals surface area contributed by atoms with Crippen LogP contribution in [0.3, 0.4) is 0 Å². The van der Waals surface area contributed by atoms with Crippen LogP contribution in [0.2, 0.25) is 5.02 Å². The highest BCUT2D eigenvalue weighted by atomic mass is 35.5. The summed E-state index contributed by atoms with van der Waals surface area (Å²) in [5.74, 6) is -0.612. The molecule has 1 heterocycles. The third kappa shape index (κ3) is 3.40. The van der Waals surface area contributed by atoms with Gasteiger partial charge in [-0.2, -0.15) is 5.10 Å². The number of carbonyl (C=O) groups excluding carboxylic acids is 1. The van der Waals surface area contributed by atoms with Crippen LogP contribution in [-0.4, -0.2) is 15.7 Å². The fourth-order valence-corrected chi connectivity index (χ4v) is 2.27. The van der Waals surface area contributed by atoms with Crippen molar-refractivity contribution < 1.29 is 9.18 Å². The summed E-state index contributed by atoms with van der Waals surface area (Å²) in [6.07, 6.45) is 3.04. The zero-order valence-corrected chi connectivity index (χ0v) is 13.0. The lowest BCUT2D eigenvalue weighted by Crippen LogP contribution is -2.12. The Labute approximate surface area is 137 Å². The predicted octanol–water partition coefficient (Wildman–Crippen LogP) is 4.23. The van der Waals surface area contributed by atoms with Crippen molar-refractivity contribution >= 4 is 23.2 Å². The molecule has 3 aromatic rings. The van der Waals surface area contributed by atoms with E-state index < -0.39 is 0 Å². The van der Waals surface area contributed by atoms with Crippen molar-refractivity contribution in [2.45, 2.75) is 6.92 Å². The fraction of sp³-hybridized carbons (Fsp3) is 0.0588. The van der Waals surface area contributed by atoms with Crippen LogP contribution >= 0.6 is 11.6 Å². The van der Waals surface area contributed by atoms with Gasteiger partial charge in [0.05, 0.1) is 17.4 Å². The summed E-state index contributed by atoms with van der Waals surface area (Å²) in [4.78, 5) is 12.3. The van der Waals surface area contributed by atoms with Crippen LogP contribution < -0.4 is 5.32 Å². The highest BCUT2D eigenvalue weighted by Crippen LogP contribution is 2.21. The number of rotatable bonds is 3. The van der Waals surface area contributed by atoms with E-state index in [4.69, 9.17) is 11.6 Å². The minimum atomic E-state index is -0.324. The minimum Gasteiger partial charge on any atom is -0.322 e. The summed E-state index contributed by atoms with van der Waals surface area (Å²) in [7, 11) is 0. The second-order valence-corrected chi connectivity index (χ2v) is 5.50. The largest absolute Gasteiger partial charge is 0.322 e. The van der Waals surface area contributed by atoms with E-state index in [2.05, 4.69) is 10.4 Å². The van der Waals surface area contributed by atoms with Gasteiger partial charge in [-0.05, 0) is 48.9 Å². The Bertz CT molecular complexity index is 859. The quantitative estimate of drug-likeness (QED) is 0.781. The third-order valence-corrected chi connectivity index (χ3v) is 3.62. The third-order valence-electron chi connectivity index (χ3n) is 3.38. The lowest BCUT2D eigenvalue weighted by Gasteiger charge is -2.07. The molecule has 1 aromatic heterocycles. The van der Waals surface area contributed by atoms with Gasteiger partial charge in [0, 0.05) is 16.9 Å². The summed E-state index contributed by atoms with van der Waals surface area (Å²) >= 11 is 5.94. The Morgan fingerprint density at radius 3 is 2.70 bits per heavy atom. The van der Waals surface area contributed by atoms with Gasteiger partial charge < -0.3 is 5.32 Å². The SMILES string of the molecule is Cc1ccc(Cl)cc1NC(=O)c1cnn(-c2ccc(F)cc2)c1. The maximum absolute atomic E-state index is 12.9. The van der Waals surface area contributed by atoms with Crippen LogP contribution in [0.4, 0.5) is 10.1 Å². The van der Waals surface area contributed by atoms with Crippen molar-refractivity contribution in [1.82, 2.24) is 9.78 Å². The van der Waals surface area contributed by atoms with Gasteiger partial charge in [-0.1, -0.05) is 17.7 Å². The maximum Gasteiger partial charge on any atom is 0.258 e. The molecule has 0 unspecified atom stereocenters. The number of anilines is 1. The number of carbonyl (C=O) groups is 1. The predicted molar refractivity (Wildman–Crippen MR) is 87.7 cm³/mol. The summed E-state index contributed by atoms with van der Waals surface area (Å²) in [5.41, 5.74) is 2.63. The summed E-state index contributed by atoms with van der Waals surface area (Å²) in [5, 5.41) is 7.48. The molecule has 23 heavy (non-hydrogen) atoms. The Morgan fingerprint density at radius 2 is 1.96 bits per heavy atom. The van der Waals surface area contributed by atoms with E-state index >= 15 is 0 Å². The van der Waals surface area contributed by atoms with E-state index in [1.807, 2.05) is 13.0 Å². The first-order valence-corrected chi connectivity index (χ1v) is 7.29. The molecule has 0 aliphatic heterocycles. The van der Waals surface area contributed by atoms with Gasteiger partial charge in [0.1, 0.15) is 5.82 Å². The molecule has 0 aliphatic rings. The highest BCUT2D eigenvalue weighted by Gasteiger charge is 2.11. The Balaban J connectivity index is 1.81. The number of amides is 1. The van der Waals surface area contributed by atoms with Crippen molar-refractivity contribution in [3.63, 3.8) is 0 Å². The zero-order chi connectivity index (χ0) is 16.4. The number of benzene rings is 2. The molecule has 2 aromatic carbocycles. The molecule has 1 amide bonds. The molecule has 116 valence electrons. The van der Waals surface area contributed by atoms with Crippen LogP contribution in [0.5, 0.6) is 0 Å². The van der Waals surface area contributed by atoms with Crippen LogP contribution in [0.25, 0.3) is 5.69 Å². The van der Waals surface area contributed by atoms with Crippen LogP contribution in [0.1, 0.15) is 15.9 Å². The van der Waals surface area contributed by atoms with Crippen LogP contribution in [0.15, 0.2) is 54.9 Å². The van der Waals surface area contributed by atoms with Gasteiger partial charge in [0.15, 0.2) is 0 Å². The standard InChI is InChI=1S/C17H13ClFN3O/c1-11-2-3-13(18)8-16(11)21-17(23)12-9-20-22(10-12)15-6-4-14(19)5-7-15/h2-10H,1H3,(H,21,23). The topological polar surface area (TPSA) is 46.9 Å². The van der Waals surface area contributed by atoms with E-state index in [0.29, 0.717) is 22.0 Å². The first-order valence-electron chi connectivity index (χ1n) is 6.91. The van der Waals surface area contributed by atoms with E-state index in [-0.39, 0.29) is 11.7 Å². The second kappa shape index (κ2) is 6.22. The summed E-state index contributed by atoms with van der Waals surface area (Å²) in [6.45, 7) is 1.88. The molecule has 0 bridgehead atoms. The van der Waals surface area contributed by atoms with Crippen LogP contribution in [0, 0.1) is 12.7 Å². The van der Waals surface area contributed by atoms with Crippen LogP contribution in [-0.2, 0) is 0 Å². The van der Waals surface area contributed by atoms with Crippen molar-refractivity contribution in [3.05, 3.63) is 76.8 Å². The number of aromatic nitrogens is 2. The molecule has 1 N–H and O–H groups in total. The van der Waals surface area contributed by atoms with Gasteiger partial charge in [-0.25, -0.2) is 9.07 Å². The molecule has 0 atom stereocenters. The molecule has 3 rings (SSSR count). The first-order chi connectivity index (χ1) is 11.0. The van der Waals surface area contributed by atoms with Gasteiger partial charge in [0.2, 0.25) is 0 Å². The number of nitrogens with zero attached hydrogens (tertiary/aromatic N) is 2. The highest BCUT2D eigenvalue weighted by molar-refractivity contribution is 6.31. The lowest BCUT2D eigenvalue weighted by molar-refractivity contribution is 0.102. The number of halogens is 2. The van der Waals surface area contributed by atoms with Crippen molar-refractivity contribution in [3.8, 4) is 5.69 Å². The molecular formula is C17H13ClFN3O. The van der Waals surface area contributed by atoms with Gasteiger partial charge in [-0.3, -0.25) is 4.79 Å². The molecule has 0 aliphatic carbocycles. The number of nitrogens with one attached hydrogen (secondary N) is 1. The normalized spacial score (nSPS) is 10.6. The molecule has 0 saturated heterocycles. The maximum atomic E-state index is 12.9.